The maximum atomic E-state index is 11.6. The van der Waals surface area contributed by atoms with Crippen LogP contribution in [0.3, 0.4) is 0 Å². The fourth-order valence-corrected chi connectivity index (χ4v) is 1.64. The van der Waals surface area contributed by atoms with E-state index in [0.29, 0.717) is 0 Å². The molecule has 0 unspecified atom stereocenters. The summed E-state index contributed by atoms with van der Waals surface area (Å²) in [5.74, 6) is -1.03. The Morgan fingerprint density at radius 3 is 2.68 bits per heavy atom. The Balaban J connectivity index is 2.37. The van der Waals surface area contributed by atoms with Crippen LogP contribution < -0.4 is 0 Å². The molecule has 7 nitrogen and oxygen atoms in total. The first kappa shape index (κ1) is 12.7. The Kier molecular flexibility index (Phi) is 3.56. The van der Waals surface area contributed by atoms with Gasteiger partial charge in [-0.1, -0.05) is 30.3 Å². The second kappa shape index (κ2) is 5.30. The van der Waals surface area contributed by atoms with E-state index in [1.807, 2.05) is 30.3 Å². The minimum Gasteiger partial charge on any atom is -0.464 e. The minimum absolute atomic E-state index is 0.0538. The van der Waals surface area contributed by atoms with Crippen molar-refractivity contribution in [3.63, 3.8) is 0 Å². The number of rotatable bonds is 4. The quantitative estimate of drug-likeness (QED) is 0.474. The molecule has 0 saturated carbocycles. The SMILES string of the molecule is COC(=O)c1cc([N+](=O)[O-])nn1Cc1ccccc1. The zero-order chi connectivity index (χ0) is 13.8. The predicted molar refractivity (Wildman–Crippen MR) is 65.8 cm³/mol. The van der Waals surface area contributed by atoms with Crippen LogP contribution in [0.25, 0.3) is 0 Å². The van der Waals surface area contributed by atoms with Gasteiger partial charge < -0.3 is 14.9 Å². The Bertz CT molecular complexity index is 607. The van der Waals surface area contributed by atoms with Gasteiger partial charge in [-0.05, 0) is 10.5 Å². The molecule has 0 bridgehead atoms. The van der Waals surface area contributed by atoms with E-state index in [9.17, 15) is 14.9 Å². The van der Waals surface area contributed by atoms with Crippen LogP contribution in [0.15, 0.2) is 36.4 Å². The van der Waals surface area contributed by atoms with Crippen molar-refractivity contribution in [2.75, 3.05) is 7.11 Å². The highest BCUT2D eigenvalue weighted by atomic mass is 16.6. The largest absolute Gasteiger partial charge is 0.464 e. The summed E-state index contributed by atoms with van der Waals surface area (Å²) in [6.45, 7) is 0.263. The van der Waals surface area contributed by atoms with Crippen molar-refractivity contribution in [1.29, 1.82) is 0 Å². The number of ether oxygens (including phenoxy) is 1. The van der Waals surface area contributed by atoms with Crippen molar-refractivity contribution in [2.45, 2.75) is 6.54 Å². The number of methoxy groups -OCH3 is 1. The third kappa shape index (κ3) is 2.76. The monoisotopic (exact) mass is 261 g/mol. The van der Waals surface area contributed by atoms with E-state index in [1.54, 1.807) is 0 Å². The molecule has 1 aromatic heterocycles. The molecule has 0 aliphatic carbocycles. The number of aromatic nitrogens is 2. The standard InChI is InChI=1S/C12H11N3O4/c1-19-12(16)10-7-11(15(17)18)13-14(10)8-9-5-3-2-4-6-9/h2-7H,8H2,1H3. The molecule has 0 amide bonds. The van der Waals surface area contributed by atoms with Gasteiger partial charge in [0.2, 0.25) is 0 Å². The van der Waals surface area contributed by atoms with Gasteiger partial charge in [0.15, 0.2) is 5.69 Å². The molecule has 0 aliphatic heterocycles. The summed E-state index contributed by atoms with van der Waals surface area (Å²) in [6.07, 6.45) is 0. The second-order valence-corrected chi connectivity index (χ2v) is 3.78. The molecular weight excluding hydrogens is 250 g/mol. The average molecular weight is 261 g/mol. The molecule has 0 N–H and O–H groups in total. The van der Waals surface area contributed by atoms with Crippen molar-refractivity contribution >= 4 is 11.8 Å². The first-order valence-electron chi connectivity index (χ1n) is 5.46. The number of hydrogen-bond acceptors (Lipinski definition) is 5. The first-order chi connectivity index (χ1) is 9.11. The lowest BCUT2D eigenvalue weighted by Crippen LogP contribution is -2.12. The lowest BCUT2D eigenvalue weighted by Gasteiger charge is -2.01. The third-order valence-electron chi connectivity index (χ3n) is 2.52. The van der Waals surface area contributed by atoms with E-state index in [2.05, 4.69) is 9.84 Å². The molecule has 0 spiro atoms. The molecular formula is C12H11N3O4. The molecule has 0 radical (unpaired) electrons. The van der Waals surface area contributed by atoms with Crippen LogP contribution in [-0.2, 0) is 11.3 Å². The Hall–Kier alpha value is -2.70. The van der Waals surface area contributed by atoms with Gasteiger partial charge in [0.25, 0.3) is 0 Å². The van der Waals surface area contributed by atoms with E-state index in [-0.39, 0.29) is 18.1 Å². The van der Waals surface area contributed by atoms with Crippen molar-refractivity contribution < 1.29 is 14.5 Å². The topological polar surface area (TPSA) is 87.3 Å². The van der Waals surface area contributed by atoms with Crippen LogP contribution in [0, 0.1) is 10.1 Å². The molecule has 1 heterocycles. The molecule has 2 aromatic rings. The summed E-state index contributed by atoms with van der Waals surface area (Å²) in [5.41, 5.74) is 0.934. The van der Waals surface area contributed by atoms with Crippen LogP contribution in [0.2, 0.25) is 0 Å². The summed E-state index contributed by atoms with van der Waals surface area (Å²) in [4.78, 5) is 21.6. The van der Waals surface area contributed by atoms with Gasteiger partial charge in [-0.15, -0.1) is 0 Å². The number of carbonyl (C=O) groups excluding carboxylic acids is 1. The molecule has 0 fully saturated rings. The van der Waals surface area contributed by atoms with Crippen molar-refractivity contribution in [2.24, 2.45) is 0 Å². The number of nitro groups is 1. The third-order valence-corrected chi connectivity index (χ3v) is 2.52. The molecule has 19 heavy (non-hydrogen) atoms. The highest BCUT2D eigenvalue weighted by Gasteiger charge is 2.23. The molecule has 1 aromatic carbocycles. The summed E-state index contributed by atoms with van der Waals surface area (Å²) in [5, 5.41) is 14.5. The van der Waals surface area contributed by atoms with Crippen LogP contribution in [0.5, 0.6) is 0 Å². The van der Waals surface area contributed by atoms with E-state index in [1.165, 1.54) is 11.8 Å². The lowest BCUT2D eigenvalue weighted by molar-refractivity contribution is -0.389. The predicted octanol–water partition coefficient (Wildman–Crippen LogP) is 1.63. The van der Waals surface area contributed by atoms with Crippen LogP contribution in [0.4, 0.5) is 5.82 Å². The van der Waals surface area contributed by atoms with Gasteiger partial charge >= 0.3 is 11.8 Å². The maximum Gasteiger partial charge on any atom is 0.390 e. The van der Waals surface area contributed by atoms with Crippen molar-refractivity contribution in [1.82, 2.24) is 9.78 Å². The maximum absolute atomic E-state index is 11.6. The first-order valence-corrected chi connectivity index (χ1v) is 5.46. The number of hydrogen-bond donors (Lipinski definition) is 0. The number of nitrogens with zero attached hydrogens (tertiary/aromatic N) is 3. The van der Waals surface area contributed by atoms with Crippen LogP contribution >= 0.6 is 0 Å². The Labute approximate surface area is 108 Å². The number of esters is 1. The minimum atomic E-state index is -0.656. The van der Waals surface area contributed by atoms with Gasteiger partial charge in [-0.3, -0.25) is 0 Å². The molecule has 0 saturated heterocycles. The highest BCUT2D eigenvalue weighted by molar-refractivity contribution is 5.88. The zero-order valence-electron chi connectivity index (χ0n) is 10.1. The fourth-order valence-electron chi connectivity index (χ4n) is 1.64. The zero-order valence-corrected chi connectivity index (χ0v) is 10.1. The molecule has 0 aliphatic rings. The van der Waals surface area contributed by atoms with Gasteiger partial charge in [0.1, 0.15) is 0 Å². The summed E-state index contributed by atoms with van der Waals surface area (Å²) in [7, 11) is 1.22. The van der Waals surface area contributed by atoms with E-state index < -0.39 is 10.9 Å². The van der Waals surface area contributed by atoms with Crippen LogP contribution in [0.1, 0.15) is 16.1 Å². The highest BCUT2D eigenvalue weighted by Crippen LogP contribution is 2.14. The van der Waals surface area contributed by atoms with E-state index in [4.69, 9.17) is 0 Å². The number of carbonyl (C=O) groups is 1. The Morgan fingerprint density at radius 2 is 2.11 bits per heavy atom. The van der Waals surface area contributed by atoms with Gasteiger partial charge in [-0.25, -0.2) is 4.79 Å². The summed E-state index contributed by atoms with van der Waals surface area (Å²) < 4.78 is 5.85. The van der Waals surface area contributed by atoms with E-state index in [0.717, 1.165) is 11.6 Å². The lowest BCUT2D eigenvalue weighted by atomic mass is 10.2. The smallest absolute Gasteiger partial charge is 0.390 e. The summed E-state index contributed by atoms with van der Waals surface area (Å²) >= 11 is 0. The van der Waals surface area contributed by atoms with Gasteiger partial charge in [0, 0.05) is 0 Å². The van der Waals surface area contributed by atoms with Gasteiger partial charge in [0.05, 0.1) is 24.8 Å². The second-order valence-electron chi connectivity index (χ2n) is 3.78. The normalized spacial score (nSPS) is 10.2. The molecule has 7 heteroatoms. The molecule has 98 valence electrons. The molecule has 2 rings (SSSR count). The van der Waals surface area contributed by atoms with Gasteiger partial charge in [-0.2, -0.15) is 4.68 Å². The fraction of sp³-hybridized carbons (Fsp3) is 0.167. The van der Waals surface area contributed by atoms with E-state index >= 15 is 0 Å². The van der Waals surface area contributed by atoms with Crippen LogP contribution in [-0.4, -0.2) is 27.8 Å². The molecule has 0 atom stereocenters. The number of benzene rings is 1. The Morgan fingerprint density at radius 1 is 1.42 bits per heavy atom. The average Bonchev–Trinajstić information content (AvgIpc) is 2.83. The van der Waals surface area contributed by atoms with Crippen molar-refractivity contribution in [3.05, 3.63) is 57.8 Å². The van der Waals surface area contributed by atoms with Crippen molar-refractivity contribution in [3.8, 4) is 0 Å². The summed E-state index contributed by atoms with van der Waals surface area (Å²) in [6, 6.07) is 10.3.